The Morgan fingerprint density at radius 2 is 1.81 bits per heavy atom. The van der Waals surface area contributed by atoms with Gasteiger partial charge < -0.3 is 10.1 Å². The van der Waals surface area contributed by atoms with Crippen molar-refractivity contribution >= 4 is 16.7 Å². The molecule has 1 heterocycles. The van der Waals surface area contributed by atoms with Crippen LogP contribution in [0.3, 0.4) is 0 Å². The summed E-state index contributed by atoms with van der Waals surface area (Å²) in [7, 11) is 0. The number of morpholine rings is 1. The quantitative estimate of drug-likeness (QED) is 0.597. The van der Waals surface area contributed by atoms with Crippen LogP contribution in [0.5, 0.6) is 0 Å². The molecule has 32 heavy (non-hydrogen) atoms. The van der Waals surface area contributed by atoms with Gasteiger partial charge in [-0.1, -0.05) is 60.7 Å². The highest BCUT2D eigenvalue weighted by molar-refractivity contribution is 5.87. The summed E-state index contributed by atoms with van der Waals surface area (Å²) in [5, 5.41) is 5.21. The zero-order valence-electron chi connectivity index (χ0n) is 17.7. The van der Waals surface area contributed by atoms with Crippen molar-refractivity contribution in [2.45, 2.75) is 25.2 Å². The number of rotatable bonds is 5. The summed E-state index contributed by atoms with van der Waals surface area (Å²) in [6, 6.07) is 19.2. The van der Waals surface area contributed by atoms with E-state index in [1.165, 1.54) is 12.1 Å². The van der Waals surface area contributed by atoms with Crippen molar-refractivity contribution in [1.29, 1.82) is 0 Å². The minimum absolute atomic E-state index is 0.100. The summed E-state index contributed by atoms with van der Waals surface area (Å²) in [6.45, 7) is 3.01. The van der Waals surface area contributed by atoms with Gasteiger partial charge in [0.05, 0.1) is 30.9 Å². The molecular formula is C25H25F3N2O2. The lowest BCUT2D eigenvalue weighted by atomic mass is 9.99. The Hall–Kier alpha value is -2.90. The van der Waals surface area contributed by atoms with Crippen LogP contribution >= 0.6 is 0 Å². The van der Waals surface area contributed by atoms with Crippen LogP contribution in [0, 0.1) is 0 Å². The van der Waals surface area contributed by atoms with Crippen LogP contribution in [0.15, 0.2) is 66.7 Å². The number of hydrogen-bond donors (Lipinski definition) is 1. The van der Waals surface area contributed by atoms with E-state index in [9.17, 15) is 18.0 Å². The number of benzene rings is 3. The number of carbonyl (C=O) groups excluding carboxylic acids is 1. The number of amides is 1. The molecule has 7 heteroatoms. The monoisotopic (exact) mass is 442 g/mol. The van der Waals surface area contributed by atoms with Gasteiger partial charge in [-0.25, -0.2) is 0 Å². The molecule has 0 bridgehead atoms. The molecule has 0 aliphatic carbocycles. The number of ether oxygens (including phenoxy) is 1. The topological polar surface area (TPSA) is 41.6 Å². The van der Waals surface area contributed by atoms with E-state index in [2.05, 4.69) is 5.32 Å². The SMILES string of the molecule is CC(NC(=O)CN1CCOC(c2ccccc2C(F)(F)F)C1)c1cccc2ccccc12. The summed E-state index contributed by atoms with van der Waals surface area (Å²) in [5.41, 5.74) is 0.436. The molecule has 0 saturated carbocycles. The van der Waals surface area contributed by atoms with Gasteiger partial charge in [-0.3, -0.25) is 9.69 Å². The molecule has 1 saturated heterocycles. The third-order valence-electron chi connectivity index (χ3n) is 5.80. The van der Waals surface area contributed by atoms with Crippen LogP contribution in [-0.2, 0) is 15.7 Å². The summed E-state index contributed by atoms with van der Waals surface area (Å²) in [4.78, 5) is 14.6. The summed E-state index contributed by atoms with van der Waals surface area (Å²) < 4.78 is 45.8. The maximum absolute atomic E-state index is 13.4. The normalized spacial score (nSPS) is 18.4. The van der Waals surface area contributed by atoms with Gasteiger partial charge in [-0.05, 0) is 34.9 Å². The summed E-state index contributed by atoms with van der Waals surface area (Å²) in [6.07, 6.45) is -5.18. The molecule has 3 aromatic rings. The fraction of sp³-hybridized carbons (Fsp3) is 0.320. The Morgan fingerprint density at radius 1 is 1.09 bits per heavy atom. The summed E-state index contributed by atoms with van der Waals surface area (Å²) in [5.74, 6) is -0.171. The van der Waals surface area contributed by atoms with E-state index in [0.717, 1.165) is 22.4 Å². The van der Waals surface area contributed by atoms with Crippen molar-refractivity contribution in [3.8, 4) is 0 Å². The third kappa shape index (κ3) is 4.95. The van der Waals surface area contributed by atoms with Gasteiger partial charge in [-0.15, -0.1) is 0 Å². The molecule has 4 rings (SSSR count). The minimum Gasteiger partial charge on any atom is -0.371 e. The molecular weight excluding hydrogens is 417 g/mol. The molecule has 4 nitrogen and oxygen atoms in total. The molecule has 0 aromatic heterocycles. The third-order valence-corrected chi connectivity index (χ3v) is 5.80. The molecule has 168 valence electrons. The van der Waals surface area contributed by atoms with E-state index in [4.69, 9.17) is 4.74 Å². The van der Waals surface area contributed by atoms with Crippen LogP contribution in [0.4, 0.5) is 13.2 Å². The first-order chi connectivity index (χ1) is 15.3. The largest absolute Gasteiger partial charge is 0.416 e. The lowest BCUT2D eigenvalue weighted by molar-refractivity contribution is -0.141. The molecule has 1 N–H and O–H groups in total. The van der Waals surface area contributed by atoms with Gasteiger partial charge in [0, 0.05) is 13.1 Å². The average molecular weight is 442 g/mol. The van der Waals surface area contributed by atoms with Crippen molar-refractivity contribution in [3.63, 3.8) is 0 Å². The predicted molar refractivity (Wildman–Crippen MR) is 117 cm³/mol. The van der Waals surface area contributed by atoms with Crippen molar-refractivity contribution in [1.82, 2.24) is 10.2 Å². The Kier molecular flexibility index (Phi) is 6.48. The molecule has 2 unspecified atom stereocenters. The molecule has 0 radical (unpaired) electrons. The van der Waals surface area contributed by atoms with Gasteiger partial charge in [0.25, 0.3) is 0 Å². The maximum Gasteiger partial charge on any atom is 0.416 e. The van der Waals surface area contributed by atoms with Crippen LogP contribution in [0.1, 0.15) is 35.8 Å². The van der Waals surface area contributed by atoms with Crippen molar-refractivity contribution in [3.05, 3.63) is 83.4 Å². The average Bonchev–Trinajstić information content (AvgIpc) is 2.78. The number of fused-ring (bicyclic) bond motifs is 1. The number of alkyl halides is 3. The molecule has 1 amide bonds. The maximum atomic E-state index is 13.4. The number of halogens is 3. The van der Waals surface area contributed by atoms with Gasteiger partial charge in [-0.2, -0.15) is 13.2 Å². The van der Waals surface area contributed by atoms with E-state index in [1.54, 1.807) is 6.07 Å². The minimum atomic E-state index is -4.45. The fourth-order valence-electron chi connectivity index (χ4n) is 4.27. The zero-order valence-corrected chi connectivity index (χ0v) is 17.7. The van der Waals surface area contributed by atoms with Crippen LogP contribution in [0.25, 0.3) is 10.8 Å². The molecule has 3 aromatic carbocycles. The smallest absolute Gasteiger partial charge is 0.371 e. The molecule has 1 fully saturated rings. The summed E-state index contributed by atoms with van der Waals surface area (Å²) >= 11 is 0. The zero-order chi connectivity index (χ0) is 22.7. The van der Waals surface area contributed by atoms with E-state index in [-0.39, 0.29) is 37.2 Å². The first kappa shape index (κ1) is 22.3. The van der Waals surface area contributed by atoms with Crippen molar-refractivity contribution in [2.24, 2.45) is 0 Å². The van der Waals surface area contributed by atoms with Crippen LogP contribution < -0.4 is 5.32 Å². The van der Waals surface area contributed by atoms with Crippen LogP contribution in [-0.4, -0.2) is 37.0 Å². The highest BCUT2D eigenvalue weighted by Gasteiger charge is 2.36. The number of nitrogens with one attached hydrogen (secondary N) is 1. The second-order valence-electron chi connectivity index (χ2n) is 8.04. The van der Waals surface area contributed by atoms with E-state index in [1.807, 2.05) is 54.3 Å². The molecule has 1 aliphatic rings. The Balaban J connectivity index is 1.42. The first-order valence-electron chi connectivity index (χ1n) is 10.6. The number of carbonyl (C=O) groups is 1. The lowest BCUT2D eigenvalue weighted by Gasteiger charge is -2.34. The molecule has 0 spiro atoms. The second-order valence-corrected chi connectivity index (χ2v) is 8.04. The van der Waals surface area contributed by atoms with Crippen molar-refractivity contribution in [2.75, 3.05) is 26.2 Å². The number of nitrogens with zero attached hydrogens (tertiary/aromatic N) is 1. The Bertz CT molecular complexity index is 1090. The van der Waals surface area contributed by atoms with Gasteiger partial charge in [0.15, 0.2) is 0 Å². The van der Waals surface area contributed by atoms with Gasteiger partial charge in [0.2, 0.25) is 5.91 Å². The highest BCUT2D eigenvalue weighted by Crippen LogP contribution is 2.36. The second kappa shape index (κ2) is 9.30. The van der Waals surface area contributed by atoms with Gasteiger partial charge >= 0.3 is 6.18 Å². The first-order valence-corrected chi connectivity index (χ1v) is 10.6. The van der Waals surface area contributed by atoms with E-state index < -0.39 is 17.8 Å². The van der Waals surface area contributed by atoms with Crippen molar-refractivity contribution < 1.29 is 22.7 Å². The van der Waals surface area contributed by atoms with Gasteiger partial charge in [0.1, 0.15) is 0 Å². The Morgan fingerprint density at radius 3 is 2.62 bits per heavy atom. The van der Waals surface area contributed by atoms with E-state index in [0.29, 0.717) is 6.54 Å². The van der Waals surface area contributed by atoms with E-state index >= 15 is 0 Å². The predicted octanol–water partition coefficient (Wildman–Crippen LogP) is 5.11. The lowest BCUT2D eigenvalue weighted by Crippen LogP contribution is -2.45. The van der Waals surface area contributed by atoms with Crippen LogP contribution in [0.2, 0.25) is 0 Å². The highest BCUT2D eigenvalue weighted by atomic mass is 19.4. The molecule has 1 aliphatic heterocycles. The standard InChI is InChI=1S/C25H25F3N2O2/c1-17(19-11-6-8-18-7-2-3-9-20(18)19)29-24(31)16-30-13-14-32-23(15-30)21-10-4-5-12-22(21)25(26,27)28/h2-12,17,23H,13-16H2,1H3,(H,29,31). The number of hydrogen-bond acceptors (Lipinski definition) is 3. The Labute approximate surface area is 185 Å². The fourth-order valence-corrected chi connectivity index (χ4v) is 4.27. The molecule has 2 atom stereocenters.